The SMILES string of the molecule is COc1ccc(-n2nnc(C(=O)N3CCN(C(=O)C4CC4)CC3)n2)cc1. The van der Waals surface area contributed by atoms with Crippen LogP contribution in [0.25, 0.3) is 5.69 Å². The number of piperazine rings is 1. The van der Waals surface area contributed by atoms with Crippen molar-refractivity contribution in [3.8, 4) is 11.4 Å². The molecule has 1 aromatic carbocycles. The van der Waals surface area contributed by atoms with Gasteiger partial charge in [0.2, 0.25) is 5.91 Å². The Labute approximate surface area is 150 Å². The van der Waals surface area contributed by atoms with Crippen molar-refractivity contribution < 1.29 is 14.3 Å². The summed E-state index contributed by atoms with van der Waals surface area (Å²) >= 11 is 0. The average Bonchev–Trinajstić information content (AvgIpc) is 3.43. The van der Waals surface area contributed by atoms with Crippen LogP contribution in [0.5, 0.6) is 5.75 Å². The van der Waals surface area contributed by atoms with Gasteiger partial charge in [-0.05, 0) is 42.3 Å². The molecule has 1 saturated carbocycles. The molecular weight excluding hydrogens is 336 g/mol. The molecule has 1 saturated heterocycles. The molecule has 1 aromatic heterocycles. The van der Waals surface area contributed by atoms with Crippen LogP contribution in [0.2, 0.25) is 0 Å². The highest BCUT2D eigenvalue weighted by molar-refractivity contribution is 5.90. The molecule has 0 N–H and O–H groups in total. The zero-order chi connectivity index (χ0) is 18.1. The number of amides is 2. The van der Waals surface area contributed by atoms with Crippen LogP contribution in [0.1, 0.15) is 23.5 Å². The lowest BCUT2D eigenvalue weighted by molar-refractivity contribution is -0.134. The Balaban J connectivity index is 1.39. The zero-order valence-corrected chi connectivity index (χ0v) is 14.5. The van der Waals surface area contributed by atoms with Crippen LogP contribution in [0, 0.1) is 5.92 Å². The van der Waals surface area contributed by atoms with Crippen molar-refractivity contribution in [1.82, 2.24) is 30.0 Å². The summed E-state index contributed by atoms with van der Waals surface area (Å²) in [6.07, 6.45) is 1.99. The third-order valence-corrected chi connectivity index (χ3v) is 4.71. The molecule has 2 heterocycles. The first-order valence-electron chi connectivity index (χ1n) is 8.68. The molecule has 0 spiro atoms. The molecule has 2 aliphatic rings. The van der Waals surface area contributed by atoms with E-state index in [4.69, 9.17) is 4.74 Å². The Kier molecular flexibility index (Phi) is 4.27. The van der Waals surface area contributed by atoms with Gasteiger partial charge < -0.3 is 14.5 Å². The molecule has 1 aliphatic heterocycles. The third-order valence-electron chi connectivity index (χ3n) is 4.71. The van der Waals surface area contributed by atoms with Crippen molar-refractivity contribution in [3.05, 3.63) is 30.1 Å². The highest BCUT2D eigenvalue weighted by Gasteiger charge is 2.35. The summed E-state index contributed by atoms with van der Waals surface area (Å²) in [5, 5.41) is 12.0. The first kappa shape index (κ1) is 16.5. The summed E-state index contributed by atoms with van der Waals surface area (Å²) in [7, 11) is 1.59. The van der Waals surface area contributed by atoms with Crippen molar-refractivity contribution >= 4 is 11.8 Å². The Bertz CT molecular complexity index is 806. The summed E-state index contributed by atoms with van der Waals surface area (Å²) in [5.74, 6) is 0.957. The lowest BCUT2D eigenvalue weighted by Crippen LogP contribution is -2.51. The summed E-state index contributed by atoms with van der Waals surface area (Å²) in [6.45, 7) is 2.12. The molecule has 0 bridgehead atoms. The second-order valence-electron chi connectivity index (χ2n) is 6.49. The molecule has 2 amide bonds. The van der Waals surface area contributed by atoms with E-state index in [-0.39, 0.29) is 23.6 Å². The third kappa shape index (κ3) is 3.24. The van der Waals surface area contributed by atoms with Crippen LogP contribution >= 0.6 is 0 Å². The fourth-order valence-corrected chi connectivity index (χ4v) is 2.98. The van der Waals surface area contributed by atoms with Crippen LogP contribution in [0.15, 0.2) is 24.3 Å². The molecule has 2 aromatic rings. The fraction of sp³-hybridized carbons (Fsp3) is 0.471. The molecule has 136 valence electrons. The van der Waals surface area contributed by atoms with E-state index in [1.807, 2.05) is 4.90 Å². The number of carbonyl (C=O) groups is 2. The quantitative estimate of drug-likeness (QED) is 0.785. The number of hydrogen-bond donors (Lipinski definition) is 0. The van der Waals surface area contributed by atoms with Gasteiger partial charge in [-0.25, -0.2) is 0 Å². The predicted molar refractivity (Wildman–Crippen MR) is 90.9 cm³/mol. The number of hydrogen-bond acceptors (Lipinski definition) is 6. The smallest absolute Gasteiger partial charge is 0.295 e. The van der Waals surface area contributed by atoms with Gasteiger partial charge in [-0.1, -0.05) is 0 Å². The maximum atomic E-state index is 12.6. The topological polar surface area (TPSA) is 93.5 Å². The first-order chi connectivity index (χ1) is 12.7. The van der Waals surface area contributed by atoms with Crippen LogP contribution in [-0.4, -0.2) is 75.1 Å². The minimum atomic E-state index is -0.261. The number of benzene rings is 1. The van der Waals surface area contributed by atoms with Crippen molar-refractivity contribution in [3.63, 3.8) is 0 Å². The van der Waals surface area contributed by atoms with E-state index in [0.29, 0.717) is 31.9 Å². The molecular formula is C17H20N6O3. The van der Waals surface area contributed by atoms with E-state index in [9.17, 15) is 9.59 Å². The first-order valence-corrected chi connectivity index (χ1v) is 8.68. The van der Waals surface area contributed by atoms with Gasteiger partial charge in [-0.15, -0.1) is 15.0 Å². The van der Waals surface area contributed by atoms with Gasteiger partial charge in [-0.2, -0.15) is 0 Å². The standard InChI is InChI=1S/C17H20N6O3/c1-26-14-6-4-13(5-7-14)23-19-15(18-20-23)17(25)22-10-8-21(9-11-22)16(24)12-2-3-12/h4-7,12H,2-3,8-11H2,1H3. The van der Waals surface area contributed by atoms with Gasteiger partial charge in [-0.3, -0.25) is 9.59 Å². The second kappa shape index (κ2) is 6.74. The lowest BCUT2D eigenvalue weighted by atomic mass is 10.2. The largest absolute Gasteiger partial charge is 0.497 e. The Morgan fingerprint density at radius 2 is 1.69 bits per heavy atom. The summed E-state index contributed by atoms with van der Waals surface area (Å²) in [6, 6.07) is 7.15. The summed E-state index contributed by atoms with van der Waals surface area (Å²) in [5.41, 5.74) is 0.692. The Morgan fingerprint density at radius 1 is 1.04 bits per heavy atom. The molecule has 1 aliphatic carbocycles. The van der Waals surface area contributed by atoms with Gasteiger partial charge >= 0.3 is 0 Å². The van der Waals surface area contributed by atoms with E-state index in [1.54, 1.807) is 36.3 Å². The van der Waals surface area contributed by atoms with Gasteiger partial charge in [0.05, 0.1) is 12.8 Å². The monoisotopic (exact) mass is 356 g/mol. The molecule has 9 heteroatoms. The van der Waals surface area contributed by atoms with Gasteiger partial charge in [0.15, 0.2) is 0 Å². The van der Waals surface area contributed by atoms with Crippen molar-refractivity contribution in [1.29, 1.82) is 0 Å². The highest BCUT2D eigenvalue weighted by atomic mass is 16.5. The maximum Gasteiger partial charge on any atom is 0.295 e. The number of rotatable bonds is 4. The Morgan fingerprint density at radius 3 is 2.31 bits per heavy atom. The van der Waals surface area contributed by atoms with E-state index in [0.717, 1.165) is 18.6 Å². The van der Waals surface area contributed by atoms with E-state index >= 15 is 0 Å². The van der Waals surface area contributed by atoms with E-state index in [1.165, 1.54) is 4.80 Å². The molecule has 0 atom stereocenters. The second-order valence-corrected chi connectivity index (χ2v) is 6.49. The number of nitrogens with zero attached hydrogens (tertiary/aromatic N) is 6. The molecule has 0 radical (unpaired) electrons. The number of aromatic nitrogens is 4. The fourth-order valence-electron chi connectivity index (χ4n) is 2.98. The van der Waals surface area contributed by atoms with Gasteiger partial charge in [0.25, 0.3) is 11.7 Å². The van der Waals surface area contributed by atoms with Gasteiger partial charge in [0.1, 0.15) is 5.75 Å². The summed E-state index contributed by atoms with van der Waals surface area (Å²) < 4.78 is 5.12. The molecule has 26 heavy (non-hydrogen) atoms. The van der Waals surface area contributed by atoms with Crippen LogP contribution in [0.3, 0.4) is 0 Å². The van der Waals surface area contributed by atoms with Crippen LogP contribution in [-0.2, 0) is 4.79 Å². The average molecular weight is 356 g/mol. The van der Waals surface area contributed by atoms with Gasteiger partial charge in [0, 0.05) is 32.1 Å². The normalized spacial score (nSPS) is 17.3. The predicted octanol–water partition coefficient (Wildman–Crippen LogP) is 0.365. The van der Waals surface area contributed by atoms with Crippen molar-refractivity contribution in [2.45, 2.75) is 12.8 Å². The molecule has 9 nitrogen and oxygen atoms in total. The highest BCUT2D eigenvalue weighted by Crippen LogP contribution is 2.31. The van der Waals surface area contributed by atoms with E-state index < -0.39 is 0 Å². The van der Waals surface area contributed by atoms with Crippen LogP contribution < -0.4 is 4.74 Å². The Hall–Kier alpha value is -2.97. The molecule has 2 fully saturated rings. The zero-order valence-electron chi connectivity index (χ0n) is 14.5. The molecule has 0 unspecified atom stereocenters. The van der Waals surface area contributed by atoms with Crippen molar-refractivity contribution in [2.75, 3.05) is 33.3 Å². The minimum absolute atomic E-state index is 0.0581. The summed E-state index contributed by atoms with van der Waals surface area (Å²) in [4.78, 5) is 29.5. The molecule has 4 rings (SSSR count). The lowest BCUT2D eigenvalue weighted by Gasteiger charge is -2.34. The van der Waals surface area contributed by atoms with Crippen LogP contribution in [0.4, 0.5) is 0 Å². The van der Waals surface area contributed by atoms with Crippen molar-refractivity contribution in [2.24, 2.45) is 5.92 Å². The number of tetrazole rings is 1. The van der Waals surface area contributed by atoms with E-state index in [2.05, 4.69) is 15.4 Å². The number of ether oxygens (including phenoxy) is 1. The number of carbonyl (C=O) groups excluding carboxylic acids is 2. The maximum absolute atomic E-state index is 12.6. The number of methoxy groups -OCH3 is 1. The minimum Gasteiger partial charge on any atom is -0.497 e.